The molecule has 2 heterocycles. The van der Waals surface area contributed by atoms with Gasteiger partial charge in [-0.25, -0.2) is 9.97 Å². The molecule has 19 heavy (non-hydrogen) atoms. The van der Waals surface area contributed by atoms with Crippen molar-refractivity contribution in [3.8, 4) is 0 Å². The lowest BCUT2D eigenvalue weighted by atomic mass is 10.0. The van der Waals surface area contributed by atoms with Crippen molar-refractivity contribution in [2.45, 2.75) is 59.0 Å². The van der Waals surface area contributed by atoms with Crippen molar-refractivity contribution in [3.63, 3.8) is 0 Å². The number of piperidine rings is 1. The third kappa shape index (κ3) is 3.90. The number of hydrogen-bond acceptors (Lipinski definition) is 4. The normalized spacial score (nSPS) is 20.1. The smallest absolute Gasteiger partial charge is 0.226 e. The standard InChI is InChI=1S/C15H26N4/c1-11(2)16-10-14-7-5-6-8-19(14)15-17-12(3)9-13(4)18-15/h9,11,14,16H,5-8,10H2,1-4H3. The van der Waals surface area contributed by atoms with Gasteiger partial charge in [0.25, 0.3) is 0 Å². The Hall–Kier alpha value is -1.16. The van der Waals surface area contributed by atoms with Crippen LogP contribution in [0.1, 0.15) is 44.5 Å². The molecule has 1 aromatic heterocycles. The molecule has 1 atom stereocenters. The highest BCUT2D eigenvalue weighted by Crippen LogP contribution is 2.22. The second kappa shape index (κ2) is 6.33. The van der Waals surface area contributed by atoms with Gasteiger partial charge in [-0.1, -0.05) is 13.8 Å². The Kier molecular flexibility index (Phi) is 4.75. The number of rotatable bonds is 4. The van der Waals surface area contributed by atoms with Crippen LogP contribution in [0.4, 0.5) is 5.95 Å². The van der Waals surface area contributed by atoms with Gasteiger partial charge in [0.15, 0.2) is 0 Å². The Morgan fingerprint density at radius 1 is 1.26 bits per heavy atom. The van der Waals surface area contributed by atoms with Gasteiger partial charge in [-0.15, -0.1) is 0 Å². The van der Waals surface area contributed by atoms with Crippen LogP contribution in [0.2, 0.25) is 0 Å². The van der Waals surface area contributed by atoms with Crippen molar-refractivity contribution < 1.29 is 0 Å². The minimum Gasteiger partial charge on any atom is -0.337 e. The van der Waals surface area contributed by atoms with E-state index >= 15 is 0 Å². The molecule has 1 aromatic rings. The van der Waals surface area contributed by atoms with Gasteiger partial charge in [-0.2, -0.15) is 0 Å². The summed E-state index contributed by atoms with van der Waals surface area (Å²) in [6, 6.07) is 3.09. The Morgan fingerprint density at radius 3 is 2.58 bits per heavy atom. The van der Waals surface area contributed by atoms with Crippen LogP contribution in [0.15, 0.2) is 6.07 Å². The summed E-state index contributed by atoms with van der Waals surface area (Å²) in [5, 5.41) is 3.55. The van der Waals surface area contributed by atoms with E-state index in [1.54, 1.807) is 0 Å². The SMILES string of the molecule is Cc1cc(C)nc(N2CCCCC2CNC(C)C)n1. The zero-order chi connectivity index (χ0) is 13.8. The van der Waals surface area contributed by atoms with Crippen molar-refractivity contribution in [3.05, 3.63) is 17.5 Å². The van der Waals surface area contributed by atoms with E-state index in [-0.39, 0.29) is 0 Å². The minimum absolute atomic E-state index is 0.525. The summed E-state index contributed by atoms with van der Waals surface area (Å²) in [7, 11) is 0. The number of aromatic nitrogens is 2. The van der Waals surface area contributed by atoms with E-state index in [1.807, 2.05) is 19.9 Å². The van der Waals surface area contributed by atoms with Gasteiger partial charge in [0, 0.05) is 36.6 Å². The highest BCUT2D eigenvalue weighted by atomic mass is 15.3. The summed E-state index contributed by atoms with van der Waals surface area (Å²) in [5.74, 6) is 0.910. The molecule has 0 amide bonds. The van der Waals surface area contributed by atoms with Gasteiger partial charge in [0.1, 0.15) is 0 Å². The van der Waals surface area contributed by atoms with Crippen LogP contribution in [0, 0.1) is 13.8 Å². The Labute approximate surface area is 116 Å². The fourth-order valence-corrected chi connectivity index (χ4v) is 2.68. The van der Waals surface area contributed by atoms with E-state index in [2.05, 4.69) is 34.0 Å². The second-order valence-electron chi connectivity index (χ2n) is 5.86. The van der Waals surface area contributed by atoms with Gasteiger partial charge >= 0.3 is 0 Å². The molecule has 1 aliphatic heterocycles. The number of hydrogen-bond donors (Lipinski definition) is 1. The molecule has 0 radical (unpaired) electrons. The van der Waals surface area contributed by atoms with Crippen molar-refractivity contribution in [2.75, 3.05) is 18.0 Å². The lowest BCUT2D eigenvalue weighted by Crippen LogP contribution is -2.47. The first-order valence-corrected chi connectivity index (χ1v) is 7.38. The summed E-state index contributed by atoms with van der Waals surface area (Å²) in [6.45, 7) is 10.6. The van der Waals surface area contributed by atoms with Crippen LogP contribution >= 0.6 is 0 Å². The zero-order valence-corrected chi connectivity index (χ0v) is 12.6. The van der Waals surface area contributed by atoms with Crippen LogP contribution in [-0.4, -0.2) is 35.1 Å². The largest absolute Gasteiger partial charge is 0.337 e. The van der Waals surface area contributed by atoms with Crippen molar-refractivity contribution in [2.24, 2.45) is 0 Å². The molecule has 0 saturated carbocycles. The number of nitrogens with one attached hydrogen (secondary N) is 1. The molecule has 106 valence electrons. The third-order valence-electron chi connectivity index (χ3n) is 3.62. The third-order valence-corrected chi connectivity index (χ3v) is 3.62. The van der Waals surface area contributed by atoms with Gasteiger partial charge in [-0.3, -0.25) is 0 Å². The van der Waals surface area contributed by atoms with Crippen LogP contribution in [-0.2, 0) is 0 Å². The van der Waals surface area contributed by atoms with Crippen LogP contribution in [0.5, 0.6) is 0 Å². The van der Waals surface area contributed by atoms with Crippen molar-refractivity contribution >= 4 is 5.95 Å². The zero-order valence-electron chi connectivity index (χ0n) is 12.6. The molecule has 2 rings (SSSR count). The van der Waals surface area contributed by atoms with Crippen LogP contribution in [0.3, 0.4) is 0 Å². The van der Waals surface area contributed by atoms with Crippen LogP contribution in [0.25, 0.3) is 0 Å². The predicted molar refractivity (Wildman–Crippen MR) is 79.6 cm³/mol. The lowest BCUT2D eigenvalue weighted by Gasteiger charge is -2.36. The molecule has 1 saturated heterocycles. The lowest BCUT2D eigenvalue weighted by molar-refractivity contribution is 0.415. The van der Waals surface area contributed by atoms with E-state index in [4.69, 9.17) is 0 Å². The summed E-state index contributed by atoms with van der Waals surface area (Å²) in [5.41, 5.74) is 2.12. The summed E-state index contributed by atoms with van der Waals surface area (Å²) in [6.07, 6.45) is 3.79. The minimum atomic E-state index is 0.525. The van der Waals surface area contributed by atoms with E-state index in [0.29, 0.717) is 12.1 Å². The first kappa shape index (κ1) is 14.3. The average Bonchev–Trinajstić information content (AvgIpc) is 2.35. The molecule has 1 fully saturated rings. The molecule has 0 spiro atoms. The maximum absolute atomic E-state index is 4.62. The molecule has 1 aliphatic rings. The molecule has 0 aliphatic carbocycles. The van der Waals surface area contributed by atoms with E-state index in [9.17, 15) is 0 Å². The molecule has 1 unspecified atom stereocenters. The Bertz CT molecular complexity index is 396. The van der Waals surface area contributed by atoms with E-state index in [1.165, 1.54) is 19.3 Å². The van der Waals surface area contributed by atoms with Gasteiger partial charge in [0.2, 0.25) is 5.95 Å². The maximum Gasteiger partial charge on any atom is 0.226 e. The van der Waals surface area contributed by atoms with Crippen molar-refractivity contribution in [1.82, 2.24) is 15.3 Å². The number of nitrogens with zero attached hydrogens (tertiary/aromatic N) is 3. The summed E-state index contributed by atoms with van der Waals surface area (Å²) < 4.78 is 0. The topological polar surface area (TPSA) is 41.1 Å². The summed E-state index contributed by atoms with van der Waals surface area (Å²) in [4.78, 5) is 11.6. The maximum atomic E-state index is 4.62. The molecular weight excluding hydrogens is 236 g/mol. The fourth-order valence-electron chi connectivity index (χ4n) is 2.68. The van der Waals surface area contributed by atoms with Crippen molar-refractivity contribution in [1.29, 1.82) is 0 Å². The first-order chi connectivity index (χ1) is 9.06. The molecule has 0 aromatic carbocycles. The molecule has 4 heteroatoms. The monoisotopic (exact) mass is 262 g/mol. The fraction of sp³-hybridized carbons (Fsp3) is 0.733. The van der Waals surface area contributed by atoms with E-state index in [0.717, 1.165) is 30.4 Å². The van der Waals surface area contributed by atoms with E-state index < -0.39 is 0 Å². The predicted octanol–water partition coefficient (Wildman–Crippen LogP) is 2.45. The Balaban J connectivity index is 2.13. The summed E-state index contributed by atoms with van der Waals surface area (Å²) >= 11 is 0. The number of anilines is 1. The second-order valence-corrected chi connectivity index (χ2v) is 5.86. The highest BCUT2D eigenvalue weighted by molar-refractivity contribution is 5.34. The molecule has 1 N–H and O–H groups in total. The average molecular weight is 262 g/mol. The Morgan fingerprint density at radius 2 is 1.95 bits per heavy atom. The molecule has 0 bridgehead atoms. The molecular formula is C15H26N4. The van der Waals surface area contributed by atoms with Crippen LogP contribution < -0.4 is 10.2 Å². The van der Waals surface area contributed by atoms with Gasteiger partial charge in [0.05, 0.1) is 0 Å². The number of aryl methyl sites for hydroxylation is 2. The van der Waals surface area contributed by atoms with Gasteiger partial charge in [-0.05, 0) is 39.2 Å². The van der Waals surface area contributed by atoms with Gasteiger partial charge < -0.3 is 10.2 Å². The quantitative estimate of drug-likeness (QED) is 0.905. The first-order valence-electron chi connectivity index (χ1n) is 7.38. The highest BCUT2D eigenvalue weighted by Gasteiger charge is 2.24. The molecule has 4 nitrogen and oxygen atoms in total.